The first-order valence-corrected chi connectivity index (χ1v) is 10.3. The third-order valence-electron chi connectivity index (χ3n) is 4.71. The minimum atomic E-state index is -4.53. The van der Waals surface area contributed by atoms with Gasteiger partial charge in [-0.3, -0.25) is 0 Å². The van der Waals surface area contributed by atoms with Crippen LogP contribution in [0.1, 0.15) is 5.56 Å². The number of ether oxygens (including phenoxy) is 1. The van der Waals surface area contributed by atoms with Crippen LogP contribution >= 0.6 is 22.9 Å². The normalized spacial score (nSPS) is 11.5. The van der Waals surface area contributed by atoms with Gasteiger partial charge in [0, 0.05) is 20.3 Å². The molecule has 0 bridgehead atoms. The highest BCUT2D eigenvalue weighted by Crippen LogP contribution is 2.53. The minimum Gasteiger partial charge on any atom is -0.497 e. The molecule has 30 heavy (non-hydrogen) atoms. The van der Waals surface area contributed by atoms with Crippen molar-refractivity contribution in [1.29, 1.82) is 0 Å². The molecule has 4 aromatic rings. The summed E-state index contributed by atoms with van der Waals surface area (Å²) in [5.74, 6) is 0.585. The predicted octanol–water partition coefficient (Wildman–Crippen LogP) is 8.43. The van der Waals surface area contributed by atoms with Crippen molar-refractivity contribution in [2.45, 2.75) is 6.18 Å². The van der Waals surface area contributed by atoms with E-state index in [-0.39, 0.29) is 10.4 Å². The highest BCUT2D eigenvalue weighted by Gasteiger charge is 2.40. The number of benzene rings is 3. The maximum Gasteiger partial charge on any atom is 0.418 e. The van der Waals surface area contributed by atoms with Crippen molar-refractivity contribution in [2.24, 2.45) is 0 Å². The molecule has 0 radical (unpaired) electrons. The van der Waals surface area contributed by atoms with Crippen LogP contribution in [0.2, 0.25) is 5.02 Å². The fraction of sp³-hybridized carbons (Fsp3) is 0.0833. The average molecular weight is 445 g/mol. The van der Waals surface area contributed by atoms with Crippen LogP contribution in [0.25, 0.3) is 32.0 Å². The highest BCUT2D eigenvalue weighted by molar-refractivity contribution is 7.19. The lowest BCUT2D eigenvalue weighted by Crippen LogP contribution is -2.07. The Morgan fingerprint density at radius 3 is 1.87 bits per heavy atom. The smallest absolute Gasteiger partial charge is 0.418 e. The van der Waals surface area contributed by atoms with Crippen molar-refractivity contribution >= 4 is 22.9 Å². The Morgan fingerprint density at radius 1 is 0.733 bits per heavy atom. The van der Waals surface area contributed by atoms with Crippen LogP contribution in [0.15, 0.2) is 78.9 Å². The molecule has 0 aliphatic heterocycles. The van der Waals surface area contributed by atoms with Crippen LogP contribution in [0.5, 0.6) is 5.75 Å². The van der Waals surface area contributed by atoms with Gasteiger partial charge < -0.3 is 4.74 Å². The van der Waals surface area contributed by atoms with Gasteiger partial charge >= 0.3 is 6.18 Å². The predicted molar refractivity (Wildman–Crippen MR) is 117 cm³/mol. The maximum atomic E-state index is 14.4. The van der Waals surface area contributed by atoms with Crippen LogP contribution in [-0.4, -0.2) is 7.11 Å². The van der Waals surface area contributed by atoms with E-state index in [2.05, 4.69) is 0 Å². The van der Waals surface area contributed by atoms with E-state index in [1.54, 1.807) is 48.5 Å². The molecular weight excluding hydrogens is 429 g/mol. The summed E-state index contributed by atoms with van der Waals surface area (Å²) in [4.78, 5) is 0.738. The van der Waals surface area contributed by atoms with Crippen LogP contribution in [0.3, 0.4) is 0 Å². The van der Waals surface area contributed by atoms with Gasteiger partial charge in [-0.15, -0.1) is 11.3 Å². The van der Waals surface area contributed by atoms with E-state index >= 15 is 0 Å². The van der Waals surface area contributed by atoms with E-state index in [0.717, 1.165) is 16.9 Å². The minimum absolute atomic E-state index is 0.170. The third kappa shape index (κ3) is 3.95. The summed E-state index contributed by atoms with van der Waals surface area (Å²) < 4.78 is 48.3. The van der Waals surface area contributed by atoms with Crippen molar-refractivity contribution < 1.29 is 17.9 Å². The number of methoxy groups -OCH3 is 1. The molecular formula is C24H16ClF3OS. The molecule has 0 saturated heterocycles. The zero-order valence-corrected chi connectivity index (χ0v) is 17.4. The Morgan fingerprint density at radius 2 is 1.30 bits per heavy atom. The standard InChI is InChI=1S/C24H16ClF3OS/c1-29-19-13-9-15(10-14-19)20-21(24(26,27)28)23(17-7-11-18(25)12-8-17)30-22(20)16-5-3-2-4-6-16/h2-14H,1H3. The summed E-state index contributed by atoms with van der Waals surface area (Å²) in [5.41, 5.74) is 1.23. The van der Waals surface area contributed by atoms with E-state index in [9.17, 15) is 13.2 Å². The van der Waals surface area contributed by atoms with Gasteiger partial charge in [0.25, 0.3) is 0 Å². The van der Waals surface area contributed by atoms with Crippen LogP contribution < -0.4 is 4.74 Å². The van der Waals surface area contributed by atoms with Gasteiger partial charge in [-0.2, -0.15) is 13.2 Å². The Bertz CT molecular complexity index is 1150. The molecule has 0 N–H and O–H groups in total. The Kier molecular flexibility index (Phi) is 5.58. The summed E-state index contributed by atoms with van der Waals surface area (Å²) in [7, 11) is 1.52. The van der Waals surface area contributed by atoms with Gasteiger partial charge in [-0.1, -0.05) is 66.2 Å². The summed E-state index contributed by atoms with van der Waals surface area (Å²) >= 11 is 7.09. The monoisotopic (exact) mass is 444 g/mol. The number of rotatable bonds is 4. The molecule has 0 amide bonds. The summed E-state index contributed by atoms with van der Waals surface area (Å²) in [6, 6.07) is 22.2. The lowest BCUT2D eigenvalue weighted by molar-refractivity contribution is -0.136. The van der Waals surface area contributed by atoms with Gasteiger partial charge in [0.05, 0.1) is 12.7 Å². The maximum absolute atomic E-state index is 14.4. The van der Waals surface area contributed by atoms with Crippen molar-refractivity contribution in [3.05, 3.63) is 89.4 Å². The molecule has 0 unspecified atom stereocenters. The van der Waals surface area contributed by atoms with E-state index in [1.165, 1.54) is 7.11 Å². The topological polar surface area (TPSA) is 9.23 Å². The number of hydrogen-bond acceptors (Lipinski definition) is 2. The second-order valence-corrected chi connectivity index (χ2v) is 8.07. The molecule has 152 valence electrons. The number of thiophene rings is 1. The molecule has 0 atom stereocenters. The second kappa shape index (κ2) is 8.17. The van der Waals surface area contributed by atoms with Gasteiger partial charge in [-0.25, -0.2) is 0 Å². The Balaban J connectivity index is 2.05. The SMILES string of the molecule is COc1ccc(-c2c(-c3ccccc3)sc(-c3ccc(Cl)cc3)c2C(F)(F)F)cc1. The molecule has 6 heteroatoms. The zero-order valence-electron chi connectivity index (χ0n) is 15.8. The first-order chi connectivity index (χ1) is 14.4. The van der Waals surface area contributed by atoms with Gasteiger partial charge in [-0.05, 0) is 41.0 Å². The quantitative estimate of drug-likeness (QED) is 0.307. The van der Waals surface area contributed by atoms with E-state index in [1.807, 2.05) is 30.3 Å². The van der Waals surface area contributed by atoms with Gasteiger partial charge in [0.15, 0.2) is 0 Å². The largest absolute Gasteiger partial charge is 0.497 e. The van der Waals surface area contributed by atoms with Gasteiger partial charge in [0.1, 0.15) is 5.75 Å². The molecule has 0 spiro atoms. The highest BCUT2D eigenvalue weighted by atomic mass is 35.5. The molecule has 0 fully saturated rings. The molecule has 3 aromatic carbocycles. The van der Waals surface area contributed by atoms with Crippen LogP contribution in [0.4, 0.5) is 13.2 Å². The first kappa shape index (κ1) is 20.5. The van der Waals surface area contributed by atoms with Crippen molar-refractivity contribution in [1.82, 2.24) is 0 Å². The summed E-state index contributed by atoms with van der Waals surface area (Å²) in [5, 5.41) is 0.475. The van der Waals surface area contributed by atoms with Gasteiger partial charge in [0.2, 0.25) is 0 Å². The Hall–Kier alpha value is -2.76. The lowest BCUT2D eigenvalue weighted by Gasteiger charge is -2.13. The third-order valence-corrected chi connectivity index (χ3v) is 6.25. The summed E-state index contributed by atoms with van der Waals surface area (Å²) in [6.45, 7) is 0. The van der Waals surface area contributed by atoms with Crippen molar-refractivity contribution in [3.63, 3.8) is 0 Å². The molecule has 0 aliphatic rings. The van der Waals surface area contributed by atoms with Crippen molar-refractivity contribution in [3.8, 4) is 37.8 Å². The van der Waals surface area contributed by atoms with E-state index < -0.39 is 11.7 Å². The molecule has 4 rings (SSSR count). The average Bonchev–Trinajstić information content (AvgIpc) is 3.16. The lowest BCUT2D eigenvalue weighted by atomic mass is 9.95. The van der Waals surface area contributed by atoms with Crippen molar-refractivity contribution in [2.75, 3.05) is 7.11 Å². The van der Waals surface area contributed by atoms with Crippen LogP contribution in [0, 0.1) is 0 Å². The second-order valence-electron chi connectivity index (χ2n) is 6.61. The number of alkyl halides is 3. The van der Waals surface area contributed by atoms with E-state index in [0.29, 0.717) is 26.8 Å². The molecule has 1 nitrogen and oxygen atoms in total. The fourth-order valence-corrected chi connectivity index (χ4v) is 4.81. The summed E-state index contributed by atoms with van der Waals surface area (Å²) in [6.07, 6.45) is -4.53. The van der Waals surface area contributed by atoms with E-state index in [4.69, 9.17) is 16.3 Å². The number of halogens is 4. The zero-order chi connectivity index (χ0) is 21.3. The molecule has 0 saturated carbocycles. The van der Waals surface area contributed by atoms with Crippen LogP contribution in [-0.2, 0) is 6.18 Å². The fourth-order valence-electron chi connectivity index (χ4n) is 3.33. The molecule has 1 aromatic heterocycles. The Labute approximate surface area is 181 Å². The molecule has 0 aliphatic carbocycles. The molecule has 1 heterocycles. The first-order valence-electron chi connectivity index (χ1n) is 9.08. The number of hydrogen-bond donors (Lipinski definition) is 0.